The zero-order valence-electron chi connectivity index (χ0n) is 8.33. The Labute approximate surface area is 96.7 Å². The number of hydrogen-bond acceptors (Lipinski definition) is 3. The van der Waals surface area contributed by atoms with Crippen LogP contribution in [0.2, 0.25) is 0 Å². The molecule has 3 N–H and O–H groups in total. The van der Waals surface area contributed by atoms with Crippen molar-refractivity contribution in [3.8, 4) is 0 Å². The molecule has 0 aromatic carbocycles. The molecule has 0 spiro atoms. The van der Waals surface area contributed by atoms with Crippen LogP contribution in [0.4, 0.5) is 5.82 Å². The monoisotopic (exact) mass is 269 g/mol. The molecule has 1 heterocycles. The number of aromatic nitrogens is 1. The first kappa shape index (κ1) is 11.7. The van der Waals surface area contributed by atoms with E-state index in [4.69, 9.17) is 5.73 Å². The SMILES string of the molecule is CC(=O)NCC=Cc1cc(Br)cnc1N. The van der Waals surface area contributed by atoms with E-state index in [2.05, 4.69) is 26.2 Å². The number of carbonyl (C=O) groups excluding carboxylic acids is 1. The highest BCUT2D eigenvalue weighted by molar-refractivity contribution is 9.10. The van der Waals surface area contributed by atoms with Crippen molar-refractivity contribution >= 4 is 33.7 Å². The molecule has 0 saturated carbocycles. The first-order chi connectivity index (χ1) is 7.09. The first-order valence-electron chi connectivity index (χ1n) is 4.41. The van der Waals surface area contributed by atoms with Crippen molar-refractivity contribution in [2.75, 3.05) is 12.3 Å². The quantitative estimate of drug-likeness (QED) is 0.876. The Balaban J connectivity index is 2.63. The fraction of sp³-hybridized carbons (Fsp3) is 0.200. The molecule has 0 aliphatic heterocycles. The molecule has 0 aliphatic rings. The predicted octanol–water partition coefficient (Wildman–Crippen LogP) is 1.58. The van der Waals surface area contributed by atoms with Gasteiger partial charge in [0.1, 0.15) is 5.82 Å². The Kier molecular flexibility index (Phi) is 4.30. The summed E-state index contributed by atoms with van der Waals surface area (Å²) in [7, 11) is 0. The van der Waals surface area contributed by atoms with Crippen molar-refractivity contribution in [2.24, 2.45) is 0 Å². The molecule has 1 amide bonds. The number of nitrogen functional groups attached to an aromatic ring is 1. The Morgan fingerprint density at radius 1 is 1.73 bits per heavy atom. The number of nitrogens with zero attached hydrogens (tertiary/aromatic N) is 1. The lowest BCUT2D eigenvalue weighted by atomic mass is 10.2. The Morgan fingerprint density at radius 3 is 3.13 bits per heavy atom. The number of hydrogen-bond donors (Lipinski definition) is 2. The summed E-state index contributed by atoms with van der Waals surface area (Å²) in [6, 6.07) is 1.87. The van der Waals surface area contributed by atoms with Crippen LogP contribution in [0.1, 0.15) is 12.5 Å². The third-order valence-electron chi connectivity index (χ3n) is 1.68. The van der Waals surface area contributed by atoms with E-state index >= 15 is 0 Å². The van der Waals surface area contributed by atoms with Gasteiger partial charge < -0.3 is 11.1 Å². The van der Waals surface area contributed by atoms with Gasteiger partial charge in [-0.15, -0.1) is 0 Å². The molecule has 0 unspecified atom stereocenters. The lowest BCUT2D eigenvalue weighted by molar-refractivity contribution is -0.118. The van der Waals surface area contributed by atoms with Crippen LogP contribution < -0.4 is 11.1 Å². The molecule has 0 bridgehead atoms. The van der Waals surface area contributed by atoms with E-state index in [9.17, 15) is 4.79 Å². The molecule has 0 saturated heterocycles. The van der Waals surface area contributed by atoms with Gasteiger partial charge in [0.05, 0.1) is 0 Å². The fourth-order valence-electron chi connectivity index (χ4n) is 0.988. The minimum atomic E-state index is -0.0556. The summed E-state index contributed by atoms with van der Waals surface area (Å²) >= 11 is 3.31. The van der Waals surface area contributed by atoms with Gasteiger partial charge >= 0.3 is 0 Å². The standard InChI is InChI=1S/C10H12BrN3O/c1-7(15)13-4-2-3-8-5-9(11)6-14-10(8)12/h2-3,5-6H,4H2,1H3,(H2,12,14)(H,13,15). The lowest BCUT2D eigenvalue weighted by Crippen LogP contribution is -2.19. The van der Waals surface area contributed by atoms with Gasteiger partial charge in [0.25, 0.3) is 0 Å². The van der Waals surface area contributed by atoms with Gasteiger partial charge in [-0.2, -0.15) is 0 Å². The van der Waals surface area contributed by atoms with Crippen molar-refractivity contribution < 1.29 is 4.79 Å². The van der Waals surface area contributed by atoms with E-state index in [0.717, 1.165) is 10.0 Å². The average Bonchev–Trinajstić information content (AvgIpc) is 2.17. The first-order valence-corrected chi connectivity index (χ1v) is 5.21. The van der Waals surface area contributed by atoms with Crippen LogP contribution in [0, 0.1) is 0 Å². The molecule has 80 valence electrons. The van der Waals surface area contributed by atoms with Gasteiger partial charge in [-0.25, -0.2) is 4.98 Å². The van der Waals surface area contributed by atoms with Gasteiger partial charge in [-0.1, -0.05) is 12.2 Å². The van der Waals surface area contributed by atoms with Crippen LogP contribution in [-0.2, 0) is 4.79 Å². The van der Waals surface area contributed by atoms with Crippen LogP contribution in [0.5, 0.6) is 0 Å². The minimum Gasteiger partial charge on any atom is -0.383 e. The largest absolute Gasteiger partial charge is 0.383 e. The second-order valence-electron chi connectivity index (χ2n) is 2.97. The number of rotatable bonds is 3. The van der Waals surface area contributed by atoms with Gasteiger partial charge in [0.15, 0.2) is 0 Å². The highest BCUT2D eigenvalue weighted by atomic mass is 79.9. The van der Waals surface area contributed by atoms with E-state index < -0.39 is 0 Å². The van der Waals surface area contributed by atoms with Gasteiger partial charge in [0.2, 0.25) is 5.91 Å². The second kappa shape index (κ2) is 5.50. The highest BCUT2D eigenvalue weighted by Gasteiger charge is 1.96. The third kappa shape index (κ3) is 4.12. The number of nitrogens with one attached hydrogen (secondary N) is 1. The summed E-state index contributed by atoms with van der Waals surface area (Å²) < 4.78 is 0.871. The smallest absolute Gasteiger partial charge is 0.217 e. The normalized spacial score (nSPS) is 10.5. The van der Waals surface area contributed by atoms with Gasteiger partial charge in [0, 0.05) is 29.7 Å². The van der Waals surface area contributed by atoms with Crippen molar-refractivity contribution in [2.45, 2.75) is 6.92 Å². The minimum absolute atomic E-state index is 0.0556. The van der Waals surface area contributed by atoms with Crippen molar-refractivity contribution in [1.82, 2.24) is 10.3 Å². The molecule has 0 aliphatic carbocycles. The summed E-state index contributed by atoms with van der Waals surface area (Å²) in [6.45, 7) is 1.96. The molecule has 1 rings (SSSR count). The van der Waals surface area contributed by atoms with E-state index in [0.29, 0.717) is 12.4 Å². The molecule has 1 aromatic heterocycles. The van der Waals surface area contributed by atoms with Crippen LogP contribution in [0.15, 0.2) is 22.8 Å². The topological polar surface area (TPSA) is 68.0 Å². The number of pyridine rings is 1. The van der Waals surface area contributed by atoms with Crippen molar-refractivity contribution in [1.29, 1.82) is 0 Å². The molecule has 5 heteroatoms. The summed E-state index contributed by atoms with van der Waals surface area (Å²) in [4.78, 5) is 14.6. The molecule has 1 aromatic rings. The highest BCUT2D eigenvalue weighted by Crippen LogP contribution is 2.16. The van der Waals surface area contributed by atoms with Crippen molar-refractivity contribution in [3.63, 3.8) is 0 Å². The number of carbonyl (C=O) groups is 1. The van der Waals surface area contributed by atoms with E-state index in [1.54, 1.807) is 6.20 Å². The van der Waals surface area contributed by atoms with Crippen LogP contribution in [0.25, 0.3) is 6.08 Å². The molecule has 0 radical (unpaired) electrons. The van der Waals surface area contributed by atoms with Crippen LogP contribution in [0.3, 0.4) is 0 Å². The third-order valence-corrected chi connectivity index (χ3v) is 2.12. The Hall–Kier alpha value is -1.36. The van der Waals surface area contributed by atoms with Crippen LogP contribution >= 0.6 is 15.9 Å². The molecule has 0 fully saturated rings. The molecule has 0 atom stereocenters. The molecular formula is C10H12BrN3O. The summed E-state index contributed by atoms with van der Waals surface area (Å²) in [5.41, 5.74) is 6.49. The average molecular weight is 270 g/mol. The zero-order valence-corrected chi connectivity index (χ0v) is 9.91. The maximum absolute atomic E-state index is 10.6. The number of amides is 1. The molecular weight excluding hydrogens is 258 g/mol. The predicted molar refractivity (Wildman–Crippen MR) is 64.1 cm³/mol. The van der Waals surface area contributed by atoms with Crippen LogP contribution in [-0.4, -0.2) is 17.4 Å². The fourth-order valence-corrected chi connectivity index (χ4v) is 1.34. The van der Waals surface area contributed by atoms with E-state index in [-0.39, 0.29) is 5.91 Å². The molecule has 4 nitrogen and oxygen atoms in total. The van der Waals surface area contributed by atoms with Gasteiger partial charge in [-0.3, -0.25) is 4.79 Å². The van der Waals surface area contributed by atoms with Gasteiger partial charge in [-0.05, 0) is 22.0 Å². The lowest BCUT2D eigenvalue weighted by Gasteiger charge is -2.00. The Morgan fingerprint density at radius 2 is 2.47 bits per heavy atom. The second-order valence-corrected chi connectivity index (χ2v) is 3.88. The van der Waals surface area contributed by atoms with E-state index in [1.165, 1.54) is 6.92 Å². The zero-order chi connectivity index (χ0) is 11.3. The number of nitrogens with two attached hydrogens (primary N) is 1. The molecule has 15 heavy (non-hydrogen) atoms. The number of anilines is 1. The van der Waals surface area contributed by atoms with Crippen molar-refractivity contribution in [3.05, 3.63) is 28.4 Å². The maximum Gasteiger partial charge on any atom is 0.217 e. The Bertz CT molecular complexity index is 390. The van der Waals surface area contributed by atoms with E-state index in [1.807, 2.05) is 18.2 Å². The summed E-state index contributed by atoms with van der Waals surface area (Å²) in [6.07, 6.45) is 5.28. The maximum atomic E-state index is 10.6. The summed E-state index contributed by atoms with van der Waals surface area (Å²) in [5.74, 6) is 0.414. The number of halogens is 1. The summed E-state index contributed by atoms with van der Waals surface area (Å²) in [5, 5.41) is 2.65.